The highest BCUT2D eigenvalue weighted by Gasteiger charge is 2.12. The van der Waals surface area contributed by atoms with Crippen molar-refractivity contribution in [2.24, 2.45) is 0 Å². The Kier molecular flexibility index (Phi) is 2.28. The van der Waals surface area contributed by atoms with Crippen LogP contribution in [-0.4, -0.2) is 14.7 Å². The number of para-hydroxylation sites is 1. The van der Waals surface area contributed by atoms with Crippen LogP contribution in [0.25, 0.3) is 5.69 Å². The molecule has 4 nitrogen and oxygen atoms in total. The van der Waals surface area contributed by atoms with Gasteiger partial charge in [-0.15, -0.1) is 0 Å². The minimum absolute atomic E-state index is 0.117. The number of aromatic amines is 1. The fraction of sp³-hybridized carbons (Fsp3) is 0.100. The fourth-order valence-electron chi connectivity index (χ4n) is 1.39. The molecule has 15 heavy (non-hydrogen) atoms. The molecular weight excluding hydrogens is 216 g/mol. The molecule has 0 unspecified atom stereocenters. The molecule has 1 heterocycles. The van der Waals surface area contributed by atoms with Crippen LogP contribution in [0.2, 0.25) is 5.02 Å². The lowest BCUT2D eigenvalue weighted by atomic mass is 10.3. The van der Waals surface area contributed by atoms with Gasteiger partial charge in [-0.2, -0.15) is 0 Å². The number of H-pyrrole nitrogens is 1. The summed E-state index contributed by atoms with van der Waals surface area (Å²) in [6.45, 7) is 1.62. The van der Waals surface area contributed by atoms with Crippen molar-refractivity contribution in [1.82, 2.24) is 9.55 Å². The molecule has 0 saturated heterocycles. The van der Waals surface area contributed by atoms with Crippen LogP contribution in [0.5, 0.6) is 5.88 Å². The van der Waals surface area contributed by atoms with E-state index in [2.05, 4.69) is 4.98 Å². The van der Waals surface area contributed by atoms with Crippen molar-refractivity contribution in [3.05, 3.63) is 45.5 Å². The molecule has 0 aliphatic carbocycles. The Morgan fingerprint density at radius 1 is 1.40 bits per heavy atom. The molecular formula is C10H9ClN2O2. The molecule has 0 saturated carbocycles. The topological polar surface area (TPSA) is 58.0 Å². The summed E-state index contributed by atoms with van der Waals surface area (Å²) in [5.41, 5.74) is 0.476. The van der Waals surface area contributed by atoms with Gasteiger partial charge in [-0.3, -0.25) is 0 Å². The smallest absolute Gasteiger partial charge is 0.333 e. The standard InChI is InChI=1S/C10H9ClN2O2/c1-6-9(14)13(10(15)12-6)8-5-3-2-4-7(8)11/h2-5,14H,1H3,(H,12,15). The summed E-state index contributed by atoms with van der Waals surface area (Å²) in [5, 5.41) is 10.1. The van der Waals surface area contributed by atoms with Crippen LogP contribution in [0, 0.1) is 6.92 Å². The monoisotopic (exact) mass is 224 g/mol. The van der Waals surface area contributed by atoms with E-state index >= 15 is 0 Å². The second kappa shape index (κ2) is 3.47. The molecule has 0 aliphatic rings. The van der Waals surface area contributed by atoms with E-state index in [1.165, 1.54) is 0 Å². The molecule has 5 heteroatoms. The summed E-state index contributed by atoms with van der Waals surface area (Å²) in [6, 6.07) is 6.82. The van der Waals surface area contributed by atoms with Crippen LogP contribution >= 0.6 is 11.6 Å². The van der Waals surface area contributed by atoms with Gasteiger partial charge in [0.2, 0.25) is 5.88 Å². The van der Waals surface area contributed by atoms with Gasteiger partial charge in [0.1, 0.15) is 0 Å². The van der Waals surface area contributed by atoms with Crippen LogP contribution in [-0.2, 0) is 0 Å². The molecule has 0 atom stereocenters. The van der Waals surface area contributed by atoms with Gasteiger partial charge in [0.25, 0.3) is 0 Å². The molecule has 0 fully saturated rings. The van der Waals surface area contributed by atoms with Gasteiger partial charge in [-0.05, 0) is 19.1 Å². The van der Waals surface area contributed by atoms with Crippen molar-refractivity contribution < 1.29 is 5.11 Å². The van der Waals surface area contributed by atoms with Crippen molar-refractivity contribution >= 4 is 11.6 Å². The number of benzene rings is 1. The molecule has 2 rings (SSSR count). The highest BCUT2D eigenvalue weighted by Crippen LogP contribution is 2.23. The molecule has 0 radical (unpaired) electrons. The maximum absolute atomic E-state index is 11.5. The summed E-state index contributed by atoms with van der Waals surface area (Å²) in [7, 11) is 0. The first-order valence-corrected chi connectivity index (χ1v) is 4.74. The van der Waals surface area contributed by atoms with Gasteiger partial charge in [-0.1, -0.05) is 23.7 Å². The molecule has 1 aromatic carbocycles. The molecule has 1 aromatic heterocycles. The van der Waals surface area contributed by atoms with Crippen molar-refractivity contribution in [2.75, 3.05) is 0 Å². The second-order valence-corrected chi connectivity index (χ2v) is 3.57. The highest BCUT2D eigenvalue weighted by molar-refractivity contribution is 6.32. The summed E-state index contributed by atoms with van der Waals surface area (Å²) >= 11 is 5.93. The number of nitrogens with one attached hydrogen (secondary N) is 1. The first-order valence-electron chi connectivity index (χ1n) is 4.36. The van der Waals surface area contributed by atoms with E-state index in [1.54, 1.807) is 31.2 Å². The third-order valence-electron chi connectivity index (χ3n) is 2.14. The third kappa shape index (κ3) is 1.53. The highest BCUT2D eigenvalue weighted by atomic mass is 35.5. The van der Waals surface area contributed by atoms with Gasteiger partial charge in [0.15, 0.2) is 0 Å². The lowest BCUT2D eigenvalue weighted by molar-refractivity contribution is 0.437. The summed E-state index contributed by atoms with van der Waals surface area (Å²) < 4.78 is 1.14. The lowest BCUT2D eigenvalue weighted by Crippen LogP contribution is -2.14. The minimum atomic E-state index is -0.405. The minimum Gasteiger partial charge on any atom is -0.493 e. The Balaban J connectivity index is 2.75. The Hall–Kier alpha value is -1.68. The normalized spacial score (nSPS) is 10.5. The fourth-order valence-corrected chi connectivity index (χ4v) is 1.61. The number of imidazole rings is 1. The number of hydrogen-bond donors (Lipinski definition) is 2. The summed E-state index contributed by atoms with van der Waals surface area (Å²) in [4.78, 5) is 14.0. The molecule has 0 spiro atoms. The van der Waals surface area contributed by atoms with Crippen molar-refractivity contribution in [1.29, 1.82) is 0 Å². The quantitative estimate of drug-likeness (QED) is 0.777. The van der Waals surface area contributed by atoms with Gasteiger partial charge >= 0.3 is 5.69 Å². The van der Waals surface area contributed by atoms with Crippen LogP contribution < -0.4 is 5.69 Å². The van der Waals surface area contributed by atoms with E-state index < -0.39 is 5.69 Å². The molecule has 78 valence electrons. The number of aromatic nitrogens is 2. The summed E-state index contributed by atoms with van der Waals surface area (Å²) in [5.74, 6) is -0.117. The lowest BCUT2D eigenvalue weighted by Gasteiger charge is -2.04. The van der Waals surface area contributed by atoms with Crippen molar-refractivity contribution in [3.63, 3.8) is 0 Å². The van der Waals surface area contributed by atoms with Crippen LogP contribution in [0.15, 0.2) is 29.1 Å². The SMILES string of the molecule is Cc1[nH]c(=O)n(-c2ccccc2Cl)c1O. The first-order chi connectivity index (χ1) is 7.11. The maximum atomic E-state index is 11.5. The molecule has 0 bridgehead atoms. The third-order valence-corrected chi connectivity index (χ3v) is 2.46. The van der Waals surface area contributed by atoms with Gasteiger partial charge in [-0.25, -0.2) is 9.36 Å². The maximum Gasteiger partial charge on any atom is 0.333 e. The Morgan fingerprint density at radius 2 is 2.07 bits per heavy atom. The van der Waals surface area contributed by atoms with Gasteiger partial charge < -0.3 is 10.1 Å². The zero-order valence-corrected chi connectivity index (χ0v) is 8.75. The number of aryl methyl sites for hydroxylation is 1. The number of rotatable bonds is 1. The van der Waals surface area contributed by atoms with E-state index in [-0.39, 0.29) is 5.88 Å². The predicted molar refractivity (Wildman–Crippen MR) is 57.8 cm³/mol. The Morgan fingerprint density at radius 3 is 2.60 bits per heavy atom. The average Bonchev–Trinajstić information content (AvgIpc) is 2.43. The van der Waals surface area contributed by atoms with Crippen LogP contribution in [0.3, 0.4) is 0 Å². The average molecular weight is 225 g/mol. The van der Waals surface area contributed by atoms with E-state index in [9.17, 15) is 9.90 Å². The number of hydrogen-bond acceptors (Lipinski definition) is 2. The van der Waals surface area contributed by atoms with Crippen molar-refractivity contribution in [2.45, 2.75) is 6.92 Å². The van der Waals surface area contributed by atoms with Gasteiger partial charge in [0.05, 0.1) is 16.4 Å². The van der Waals surface area contributed by atoms with Crippen LogP contribution in [0.4, 0.5) is 0 Å². The molecule has 0 aliphatic heterocycles. The number of nitrogens with zero attached hydrogens (tertiary/aromatic N) is 1. The Bertz CT molecular complexity index is 557. The Labute approximate surface area is 90.8 Å². The molecule has 2 N–H and O–H groups in total. The predicted octanol–water partition coefficient (Wildman–Crippen LogP) is 1.83. The molecule has 0 amide bonds. The van der Waals surface area contributed by atoms with Crippen molar-refractivity contribution in [3.8, 4) is 11.6 Å². The molecule has 2 aromatic rings. The zero-order valence-electron chi connectivity index (χ0n) is 7.99. The largest absolute Gasteiger partial charge is 0.493 e. The van der Waals surface area contributed by atoms with E-state index in [4.69, 9.17) is 11.6 Å². The van der Waals surface area contributed by atoms with Crippen LogP contribution in [0.1, 0.15) is 5.69 Å². The van der Waals surface area contributed by atoms with E-state index in [0.29, 0.717) is 16.4 Å². The second-order valence-electron chi connectivity index (χ2n) is 3.17. The van der Waals surface area contributed by atoms with Gasteiger partial charge in [0, 0.05) is 0 Å². The van der Waals surface area contributed by atoms with E-state index in [0.717, 1.165) is 4.57 Å². The summed E-state index contributed by atoms with van der Waals surface area (Å²) in [6.07, 6.45) is 0. The van der Waals surface area contributed by atoms with E-state index in [1.807, 2.05) is 0 Å². The number of halogens is 1. The zero-order chi connectivity index (χ0) is 11.0. The number of aromatic hydroxyl groups is 1. The first kappa shape index (κ1) is 9.86.